The number of carbonyl (C=O) groups excluding carboxylic acids is 1. The molecule has 0 aliphatic heterocycles. The van der Waals surface area contributed by atoms with Crippen molar-refractivity contribution in [3.8, 4) is 0 Å². The summed E-state index contributed by atoms with van der Waals surface area (Å²) in [6.07, 6.45) is 1.88. The van der Waals surface area contributed by atoms with Gasteiger partial charge < -0.3 is 16.0 Å². The Bertz CT molecular complexity index is 475. The maximum Gasteiger partial charge on any atom is 0.165 e. The van der Waals surface area contributed by atoms with Crippen LogP contribution in [-0.4, -0.2) is 23.9 Å². The first kappa shape index (κ1) is 9.73. The number of fused-ring (bicyclic) bond motifs is 1. The Labute approximate surface area is 87.5 Å². The van der Waals surface area contributed by atoms with Gasteiger partial charge in [0.05, 0.1) is 13.1 Å². The van der Waals surface area contributed by atoms with Crippen molar-refractivity contribution in [3.63, 3.8) is 0 Å². The van der Waals surface area contributed by atoms with E-state index < -0.39 is 0 Å². The lowest BCUT2D eigenvalue weighted by Crippen LogP contribution is -2.22. The first-order valence-corrected chi connectivity index (χ1v) is 4.83. The van der Waals surface area contributed by atoms with Crippen LogP contribution in [0.3, 0.4) is 0 Å². The molecule has 0 aliphatic carbocycles. The molecule has 0 saturated heterocycles. The molecular formula is C11H13N3O. The normalized spacial score (nSPS) is 10.5. The highest BCUT2D eigenvalue weighted by atomic mass is 16.1. The lowest BCUT2D eigenvalue weighted by atomic mass is 10.2. The van der Waals surface area contributed by atoms with E-state index in [0.29, 0.717) is 0 Å². The zero-order chi connectivity index (χ0) is 10.7. The summed E-state index contributed by atoms with van der Waals surface area (Å²) in [4.78, 5) is 14.2. The van der Waals surface area contributed by atoms with Crippen molar-refractivity contribution in [2.45, 2.75) is 0 Å². The molecule has 78 valence electrons. The molecule has 0 bridgehead atoms. The van der Waals surface area contributed by atoms with Gasteiger partial charge in [0.25, 0.3) is 0 Å². The number of hydrogen-bond donors (Lipinski definition) is 3. The summed E-state index contributed by atoms with van der Waals surface area (Å²) in [7, 11) is 0. The molecule has 2 rings (SSSR count). The quantitative estimate of drug-likeness (QED) is 0.697. The highest BCUT2D eigenvalue weighted by Gasteiger charge is 2.02. The van der Waals surface area contributed by atoms with E-state index in [9.17, 15) is 4.79 Å². The van der Waals surface area contributed by atoms with Crippen LogP contribution in [0.1, 0.15) is 0 Å². The van der Waals surface area contributed by atoms with Gasteiger partial charge in [0.2, 0.25) is 0 Å². The van der Waals surface area contributed by atoms with Crippen molar-refractivity contribution in [2.75, 3.05) is 18.4 Å². The van der Waals surface area contributed by atoms with Crippen molar-refractivity contribution in [1.82, 2.24) is 4.98 Å². The average molecular weight is 203 g/mol. The first-order chi connectivity index (χ1) is 7.31. The fourth-order valence-corrected chi connectivity index (χ4v) is 1.51. The highest BCUT2D eigenvalue weighted by Crippen LogP contribution is 2.21. The Morgan fingerprint density at radius 1 is 1.40 bits per heavy atom. The van der Waals surface area contributed by atoms with Gasteiger partial charge in [-0.1, -0.05) is 6.07 Å². The molecule has 0 atom stereocenters. The Morgan fingerprint density at radius 3 is 3.07 bits per heavy atom. The summed E-state index contributed by atoms with van der Waals surface area (Å²) in [6, 6.07) is 7.85. The topological polar surface area (TPSA) is 70.9 Å². The molecule has 0 amide bonds. The molecule has 0 unspecified atom stereocenters. The summed E-state index contributed by atoms with van der Waals surface area (Å²) in [5.74, 6) is 0.00235. The van der Waals surface area contributed by atoms with Crippen LogP contribution in [0.4, 0.5) is 5.69 Å². The number of hydrogen-bond acceptors (Lipinski definition) is 3. The molecule has 1 aromatic carbocycles. The molecule has 0 spiro atoms. The maximum absolute atomic E-state index is 11.1. The largest absolute Gasteiger partial charge is 0.377 e. The first-order valence-electron chi connectivity index (χ1n) is 4.83. The molecule has 15 heavy (non-hydrogen) atoms. The number of H-pyrrole nitrogens is 1. The molecular weight excluding hydrogens is 190 g/mol. The van der Waals surface area contributed by atoms with Crippen LogP contribution in [-0.2, 0) is 4.79 Å². The number of anilines is 1. The van der Waals surface area contributed by atoms with Crippen LogP contribution in [0.2, 0.25) is 0 Å². The minimum Gasteiger partial charge on any atom is -0.377 e. The fourth-order valence-electron chi connectivity index (χ4n) is 1.51. The number of rotatable bonds is 4. The molecule has 4 heteroatoms. The van der Waals surface area contributed by atoms with Crippen molar-refractivity contribution >= 4 is 22.4 Å². The average Bonchev–Trinajstić information content (AvgIpc) is 2.74. The van der Waals surface area contributed by atoms with Gasteiger partial charge >= 0.3 is 0 Å². The van der Waals surface area contributed by atoms with Crippen molar-refractivity contribution in [3.05, 3.63) is 30.5 Å². The smallest absolute Gasteiger partial charge is 0.165 e. The summed E-state index contributed by atoms with van der Waals surface area (Å²) in [5, 5.41) is 4.16. The van der Waals surface area contributed by atoms with Gasteiger partial charge in [-0.2, -0.15) is 0 Å². The zero-order valence-corrected chi connectivity index (χ0v) is 8.29. The monoisotopic (exact) mass is 203 g/mol. The van der Waals surface area contributed by atoms with Gasteiger partial charge in [-0.05, 0) is 18.2 Å². The van der Waals surface area contributed by atoms with Crippen molar-refractivity contribution in [2.24, 2.45) is 5.73 Å². The van der Waals surface area contributed by atoms with E-state index >= 15 is 0 Å². The molecule has 4 N–H and O–H groups in total. The van der Waals surface area contributed by atoms with Gasteiger partial charge in [0.15, 0.2) is 5.78 Å². The van der Waals surface area contributed by atoms with Gasteiger partial charge in [-0.25, -0.2) is 0 Å². The van der Waals surface area contributed by atoms with E-state index in [1.165, 1.54) is 0 Å². The van der Waals surface area contributed by atoms with Gasteiger partial charge in [-0.15, -0.1) is 0 Å². The Balaban J connectivity index is 2.20. The van der Waals surface area contributed by atoms with E-state index in [2.05, 4.69) is 10.3 Å². The number of nitrogens with two attached hydrogens (primary N) is 1. The molecule has 0 aliphatic rings. The maximum atomic E-state index is 11.1. The molecule has 0 saturated carbocycles. The van der Waals surface area contributed by atoms with Crippen LogP contribution in [0, 0.1) is 0 Å². The summed E-state index contributed by atoms with van der Waals surface area (Å²) >= 11 is 0. The summed E-state index contributed by atoms with van der Waals surface area (Å²) in [6.45, 7) is 0.358. The molecule has 0 fully saturated rings. The molecule has 2 aromatic rings. The Morgan fingerprint density at radius 2 is 2.27 bits per heavy atom. The van der Waals surface area contributed by atoms with Gasteiger partial charge in [-0.3, -0.25) is 4.79 Å². The third kappa shape index (κ3) is 1.99. The minimum atomic E-state index is 0.00235. The number of aromatic nitrogens is 1. The van der Waals surface area contributed by atoms with Gasteiger partial charge in [0, 0.05) is 22.8 Å². The van der Waals surface area contributed by atoms with Crippen LogP contribution in [0.15, 0.2) is 30.5 Å². The summed E-state index contributed by atoms with van der Waals surface area (Å²) in [5.41, 5.74) is 7.24. The second-order valence-electron chi connectivity index (χ2n) is 3.34. The number of Topliss-reactive ketones (excluding diaryl/α,β-unsaturated/α-hetero) is 1. The molecule has 1 heterocycles. The number of ketones is 1. The van der Waals surface area contributed by atoms with Gasteiger partial charge in [0.1, 0.15) is 0 Å². The molecule has 0 radical (unpaired) electrons. The SMILES string of the molecule is NCC(=O)CNc1cccc2[nH]ccc12. The number of aromatic amines is 1. The fraction of sp³-hybridized carbons (Fsp3) is 0.182. The Hall–Kier alpha value is -1.81. The Kier molecular flexibility index (Phi) is 2.69. The van der Waals surface area contributed by atoms with Crippen LogP contribution >= 0.6 is 0 Å². The van der Waals surface area contributed by atoms with Crippen LogP contribution < -0.4 is 11.1 Å². The van der Waals surface area contributed by atoms with E-state index in [0.717, 1.165) is 16.6 Å². The third-order valence-electron chi connectivity index (χ3n) is 2.30. The lowest BCUT2D eigenvalue weighted by molar-refractivity contribution is -0.116. The zero-order valence-electron chi connectivity index (χ0n) is 8.29. The number of benzene rings is 1. The second kappa shape index (κ2) is 4.14. The number of nitrogens with one attached hydrogen (secondary N) is 2. The van der Waals surface area contributed by atoms with Crippen LogP contribution in [0.25, 0.3) is 10.9 Å². The van der Waals surface area contributed by atoms with Crippen molar-refractivity contribution in [1.29, 1.82) is 0 Å². The van der Waals surface area contributed by atoms with E-state index in [-0.39, 0.29) is 18.9 Å². The third-order valence-corrected chi connectivity index (χ3v) is 2.30. The standard InChI is InChI=1S/C11H13N3O/c12-6-8(15)7-14-11-3-1-2-10-9(11)4-5-13-10/h1-5,13-14H,6-7,12H2. The van der Waals surface area contributed by atoms with E-state index in [1.54, 1.807) is 0 Å². The van der Waals surface area contributed by atoms with Crippen LogP contribution in [0.5, 0.6) is 0 Å². The second-order valence-corrected chi connectivity index (χ2v) is 3.34. The predicted molar refractivity (Wildman–Crippen MR) is 60.8 cm³/mol. The highest BCUT2D eigenvalue weighted by molar-refractivity contribution is 5.94. The summed E-state index contributed by atoms with van der Waals surface area (Å²) < 4.78 is 0. The predicted octanol–water partition coefficient (Wildman–Crippen LogP) is 1.11. The van der Waals surface area contributed by atoms with Crippen molar-refractivity contribution < 1.29 is 4.79 Å². The molecule has 4 nitrogen and oxygen atoms in total. The lowest BCUT2D eigenvalue weighted by Gasteiger charge is -2.05. The minimum absolute atomic E-state index is 0.00235. The van der Waals surface area contributed by atoms with E-state index in [1.807, 2.05) is 30.5 Å². The molecule has 1 aromatic heterocycles. The van der Waals surface area contributed by atoms with E-state index in [4.69, 9.17) is 5.73 Å². The number of carbonyl (C=O) groups is 1.